The van der Waals surface area contributed by atoms with E-state index in [0.29, 0.717) is 53.1 Å². The van der Waals surface area contributed by atoms with Crippen LogP contribution in [0, 0.1) is 11.8 Å². The number of nitrogens with zero attached hydrogens (tertiary/aromatic N) is 4. The summed E-state index contributed by atoms with van der Waals surface area (Å²) in [6.45, 7) is -0.981. The van der Waals surface area contributed by atoms with Gasteiger partial charge in [-0.05, 0) is 54.2 Å². The first kappa shape index (κ1) is 28.7. The van der Waals surface area contributed by atoms with Crippen LogP contribution in [0.5, 0.6) is 5.75 Å². The minimum atomic E-state index is -0.988. The Hall–Kier alpha value is -3.86. The van der Waals surface area contributed by atoms with E-state index in [0.717, 1.165) is 42.4 Å². The Kier molecular flexibility index (Phi) is 8.63. The highest BCUT2D eigenvalue weighted by Crippen LogP contribution is 2.39. The molecule has 9 nitrogen and oxygen atoms in total. The summed E-state index contributed by atoms with van der Waals surface area (Å²) in [4.78, 5) is 49.5. The van der Waals surface area contributed by atoms with Gasteiger partial charge in [-0.15, -0.1) is 11.3 Å². The zero-order valence-corrected chi connectivity index (χ0v) is 24.0. The third-order valence-electron chi connectivity index (χ3n) is 8.01. The number of fused-ring (bicyclic) bond motifs is 1. The van der Waals surface area contributed by atoms with Crippen LogP contribution in [-0.4, -0.2) is 53.8 Å². The van der Waals surface area contributed by atoms with Crippen LogP contribution in [0.3, 0.4) is 0 Å². The molecule has 3 heterocycles. The number of pyridine rings is 1. The quantitative estimate of drug-likeness (QED) is 0.326. The van der Waals surface area contributed by atoms with Crippen LogP contribution in [0.2, 0.25) is 0 Å². The van der Waals surface area contributed by atoms with E-state index in [-0.39, 0.29) is 18.2 Å². The normalized spacial score (nSPS) is 16.0. The highest BCUT2D eigenvalue weighted by molar-refractivity contribution is 7.14. The number of thiazole rings is 1. The molecule has 1 fully saturated rings. The van der Waals surface area contributed by atoms with Gasteiger partial charge in [0.25, 0.3) is 0 Å². The van der Waals surface area contributed by atoms with E-state index < -0.39 is 18.7 Å². The van der Waals surface area contributed by atoms with E-state index in [2.05, 4.69) is 4.98 Å². The van der Waals surface area contributed by atoms with Gasteiger partial charge in [-0.1, -0.05) is 25.7 Å². The number of aliphatic carboxylic acids is 1. The van der Waals surface area contributed by atoms with Crippen LogP contribution in [0.4, 0.5) is 15.3 Å². The molecule has 1 aliphatic heterocycles. The number of rotatable bonds is 10. The Morgan fingerprint density at radius 1 is 1.22 bits per heavy atom. The van der Waals surface area contributed by atoms with Crippen molar-refractivity contribution in [2.75, 3.05) is 30.8 Å². The summed E-state index contributed by atoms with van der Waals surface area (Å²) in [7, 11) is 3.34. The SMILES string of the molecule is CN(C(=O)[C@@H](CC(=O)O)CC1CCCC1)c1nc(-c2cc(OCF)ccc2-c2cnc3c(c2)CCC(=O)N3C)cs1. The molecule has 2 aromatic heterocycles. The summed E-state index contributed by atoms with van der Waals surface area (Å²) >= 11 is 1.28. The monoisotopic (exact) mass is 580 g/mol. The first-order chi connectivity index (χ1) is 19.7. The summed E-state index contributed by atoms with van der Waals surface area (Å²) in [5, 5.41) is 11.7. The van der Waals surface area contributed by atoms with Crippen LogP contribution in [0.15, 0.2) is 35.8 Å². The summed E-state index contributed by atoms with van der Waals surface area (Å²) in [6, 6.07) is 7.20. The zero-order chi connectivity index (χ0) is 29.1. The Morgan fingerprint density at radius 3 is 2.73 bits per heavy atom. The molecule has 1 aliphatic carbocycles. The standard InChI is InChI=1S/C30H33FN4O5S/c1-34-26(36)10-7-19-12-21(15-32-28(19)34)23-9-8-22(40-17-31)14-24(23)25-16-41-30(33-25)35(2)29(39)20(13-27(37)38)11-18-5-3-4-6-18/h8-9,12,14-16,18,20H,3-7,10-11,13,17H2,1-2H3,(H,37,38)/t20-/m1/s1. The molecule has 1 aromatic carbocycles. The molecule has 0 bridgehead atoms. The molecule has 2 aliphatic rings. The number of carboxylic acids is 1. The highest BCUT2D eigenvalue weighted by atomic mass is 32.1. The van der Waals surface area contributed by atoms with Crippen molar-refractivity contribution in [2.45, 2.75) is 51.4 Å². The van der Waals surface area contributed by atoms with Crippen molar-refractivity contribution in [3.63, 3.8) is 0 Å². The highest BCUT2D eigenvalue weighted by Gasteiger charge is 2.31. The Morgan fingerprint density at radius 2 is 2.00 bits per heavy atom. The molecular formula is C30H33FN4O5S. The summed E-state index contributed by atoms with van der Waals surface area (Å²) in [6.07, 6.45) is 7.33. The molecule has 41 heavy (non-hydrogen) atoms. The molecule has 2 amide bonds. The Labute approximate surface area is 242 Å². The average Bonchev–Trinajstić information content (AvgIpc) is 3.66. The first-order valence-electron chi connectivity index (χ1n) is 13.8. The van der Waals surface area contributed by atoms with Crippen LogP contribution in [0.25, 0.3) is 22.4 Å². The maximum atomic E-state index is 13.5. The number of halogens is 1. The van der Waals surface area contributed by atoms with Gasteiger partial charge in [0.1, 0.15) is 11.6 Å². The van der Waals surface area contributed by atoms with Crippen molar-refractivity contribution in [3.8, 4) is 28.1 Å². The topological polar surface area (TPSA) is 113 Å². The van der Waals surface area contributed by atoms with Gasteiger partial charge in [-0.2, -0.15) is 0 Å². The van der Waals surface area contributed by atoms with Gasteiger partial charge in [-0.25, -0.2) is 14.4 Å². The second-order valence-corrected chi connectivity index (χ2v) is 11.6. The van der Waals surface area contributed by atoms with Crippen molar-refractivity contribution < 1.29 is 28.6 Å². The molecule has 0 spiro atoms. The lowest BCUT2D eigenvalue weighted by atomic mass is 9.90. The number of amides is 2. The third-order valence-corrected chi connectivity index (χ3v) is 8.93. The fraction of sp³-hybridized carbons (Fsp3) is 0.433. The second-order valence-electron chi connectivity index (χ2n) is 10.7. The minimum absolute atomic E-state index is 0.0219. The van der Waals surface area contributed by atoms with E-state index in [1.54, 1.807) is 37.3 Å². The maximum absolute atomic E-state index is 13.5. The van der Waals surface area contributed by atoms with Crippen LogP contribution < -0.4 is 14.5 Å². The molecule has 0 unspecified atom stereocenters. The predicted molar refractivity (Wildman–Crippen MR) is 155 cm³/mol. The number of anilines is 2. The number of aromatic nitrogens is 2. The van der Waals surface area contributed by atoms with Gasteiger partial charge in [0, 0.05) is 49.1 Å². The number of benzene rings is 1. The van der Waals surface area contributed by atoms with E-state index in [9.17, 15) is 23.9 Å². The number of aryl methyl sites for hydroxylation is 1. The van der Waals surface area contributed by atoms with E-state index in [1.165, 1.54) is 16.2 Å². The largest absolute Gasteiger partial charge is 0.481 e. The molecule has 1 atom stereocenters. The van der Waals surface area contributed by atoms with Crippen LogP contribution in [0.1, 0.15) is 50.5 Å². The third kappa shape index (κ3) is 6.24. The number of hydrogen-bond donors (Lipinski definition) is 1. The average molecular weight is 581 g/mol. The summed E-state index contributed by atoms with van der Waals surface area (Å²) in [5.41, 5.74) is 3.80. The lowest BCUT2D eigenvalue weighted by molar-refractivity contribution is -0.140. The van der Waals surface area contributed by atoms with Crippen molar-refractivity contribution in [1.82, 2.24) is 9.97 Å². The lowest BCUT2D eigenvalue weighted by Gasteiger charge is -2.25. The number of hydrogen-bond acceptors (Lipinski definition) is 7. The van der Waals surface area contributed by atoms with Gasteiger partial charge >= 0.3 is 5.97 Å². The fourth-order valence-electron chi connectivity index (χ4n) is 5.84. The number of ether oxygens (including phenoxy) is 1. The molecule has 1 N–H and O–H groups in total. The maximum Gasteiger partial charge on any atom is 0.304 e. The van der Waals surface area contributed by atoms with E-state index in [4.69, 9.17) is 9.72 Å². The fourth-order valence-corrected chi connectivity index (χ4v) is 6.64. The molecule has 5 rings (SSSR count). The summed E-state index contributed by atoms with van der Waals surface area (Å²) < 4.78 is 18.2. The lowest BCUT2D eigenvalue weighted by Crippen LogP contribution is -2.35. The van der Waals surface area contributed by atoms with Crippen molar-refractivity contribution >= 4 is 40.1 Å². The van der Waals surface area contributed by atoms with Crippen molar-refractivity contribution in [3.05, 3.63) is 41.4 Å². The van der Waals surface area contributed by atoms with Crippen LogP contribution >= 0.6 is 11.3 Å². The second kappa shape index (κ2) is 12.3. The molecule has 0 saturated heterocycles. The van der Waals surface area contributed by atoms with Gasteiger partial charge in [0.15, 0.2) is 5.13 Å². The molecule has 11 heteroatoms. The first-order valence-corrected chi connectivity index (χ1v) is 14.7. The Balaban J connectivity index is 1.46. The van der Waals surface area contributed by atoms with E-state index >= 15 is 0 Å². The molecular weight excluding hydrogens is 547 g/mol. The van der Waals surface area contributed by atoms with Crippen molar-refractivity contribution in [2.24, 2.45) is 11.8 Å². The minimum Gasteiger partial charge on any atom is -0.481 e. The van der Waals surface area contributed by atoms with Crippen LogP contribution in [-0.2, 0) is 20.8 Å². The zero-order valence-electron chi connectivity index (χ0n) is 23.1. The molecule has 3 aromatic rings. The predicted octanol–water partition coefficient (Wildman–Crippen LogP) is 5.72. The smallest absolute Gasteiger partial charge is 0.304 e. The molecule has 0 radical (unpaired) electrons. The summed E-state index contributed by atoms with van der Waals surface area (Å²) in [5.74, 6) is -0.503. The Bertz CT molecular complexity index is 1450. The van der Waals surface area contributed by atoms with Gasteiger partial charge in [0.05, 0.1) is 12.1 Å². The molecule has 1 saturated carbocycles. The number of carbonyl (C=O) groups is 3. The number of carbonyl (C=O) groups excluding carboxylic acids is 2. The number of alkyl halides is 1. The van der Waals surface area contributed by atoms with Crippen molar-refractivity contribution in [1.29, 1.82) is 0 Å². The van der Waals surface area contributed by atoms with Gasteiger partial charge in [0.2, 0.25) is 18.7 Å². The number of carboxylic acid groups (broad SMARTS) is 1. The van der Waals surface area contributed by atoms with E-state index in [1.807, 2.05) is 17.5 Å². The van der Waals surface area contributed by atoms with Gasteiger partial charge < -0.3 is 9.84 Å². The van der Waals surface area contributed by atoms with Gasteiger partial charge in [-0.3, -0.25) is 24.2 Å². The molecule has 216 valence electrons.